The van der Waals surface area contributed by atoms with E-state index in [4.69, 9.17) is 4.74 Å². The first kappa shape index (κ1) is 21.1. The van der Waals surface area contributed by atoms with E-state index in [0.29, 0.717) is 13.2 Å². The summed E-state index contributed by atoms with van der Waals surface area (Å²) in [4.78, 5) is 17.6. The van der Waals surface area contributed by atoms with Crippen molar-refractivity contribution in [3.05, 3.63) is 88.1 Å². The van der Waals surface area contributed by atoms with Crippen molar-refractivity contribution in [2.45, 2.75) is 23.3 Å². The molecule has 3 aromatic rings. The molecule has 1 N–H and O–H groups in total. The number of morpholine rings is 1. The van der Waals surface area contributed by atoms with Gasteiger partial charge in [0.15, 0.2) is 0 Å². The Hall–Kier alpha value is -2.12. The molecule has 0 radical (unpaired) electrons. The molecule has 1 saturated heterocycles. The van der Waals surface area contributed by atoms with E-state index in [2.05, 4.69) is 52.0 Å². The Labute approximate surface area is 186 Å². The van der Waals surface area contributed by atoms with Gasteiger partial charge in [0, 0.05) is 41.7 Å². The van der Waals surface area contributed by atoms with Gasteiger partial charge < -0.3 is 10.1 Å². The second kappa shape index (κ2) is 10.8. The molecule has 1 amide bonds. The molecule has 1 aliphatic rings. The van der Waals surface area contributed by atoms with Crippen molar-refractivity contribution < 1.29 is 9.53 Å². The Morgan fingerprint density at radius 2 is 1.93 bits per heavy atom. The maximum Gasteiger partial charge on any atom is 0.252 e. The van der Waals surface area contributed by atoms with E-state index in [-0.39, 0.29) is 12.0 Å². The van der Waals surface area contributed by atoms with E-state index in [1.165, 1.54) is 10.4 Å². The lowest BCUT2D eigenvalue weighted by atomic mass is 10.2. The van der Waals surface area contributed by atoms with Crippen LogP contribution in [0.4, 0.5) is 0 Å². The third-order valence-electron chi connectivity index (χ3n) is 5.04. The number of benzene rings is 2. The van der Waals surface area contributed by atoms with Crippen molar-refractivity contribution in [3.8, 4) is 0 Å². The molecule has 0 spiro atoms. The SMILES string of the molecule is O=C(NCC1CN(Cc2ccccc2)CCO1)c1ccccc1SCc1cccs1. The minimum Gasteiger partial charge on any atom is -0.374 e. The lowest BCUT2D eigenvalue weighted by Crippen LogP contribution is -2.47. The molecule has 1 atom stereocenters. The number of ether oxygens (including phenoxy) is 1. The molecule has 1 unspecified atom stereocenters. The van der Waals surface area contributed by atoms with Gasteiger partial charge in [-0.15, -0.1) is 23.1 Å². The number of carbonyl (C=O) groups is 1. The largest absolute Gasteiger partial charge is 0.374 e. The predicted molar refractivity (Wildman–Crippen MR) is 124 cm³/mol. The quantitative estimate of drug-likeness (QED) is 0.519. The molecule has 156 valence electrons. The molecule has 0 bridgehead atoms. The van der Waals surface area contributed by atoms with E-state index < -0.39 is 0 Å². The van der Waals surface area contributed by atoms with Crippen molar-refractivity contribution in [3.63, 3.8) is 0 Å². The van der Waals surface area contributed by atoms with Gasteiger partial charge in [0.1, 0.15) is 0 Å². The Kier molecular flexibility index (Phi) is 7.59. The third kappa shape index (κ3) is 5.95. The standard InChI is InChI=1S/C24H26N2O2S2/c27-24(22-10-4-5-11-23(22)30-18-21-9-6-14-29-21)25-15-20-17-26(12-13-28-20)16-19-7-2-1-3-8-19/h1-11,14,20H,12-13,15-18H2,(H,25,27). The number of thioether (sulfide) groups is 1. The Balaban J connectivity index is 1.30. The molecule has 6 heteroatoms. The van der Waals surface area contributed by atoms with Crippen LogP contribution in [-0.2, 0) is 17.0 Å². The normalized spacial score (nSPS) is 17.0. The van der Waals surface area contributed by atoms with E-state index >= 15 is 0 Å². The molecule has 1 aliphatic heterocycles. The Bertz CT molecular complexity index is 931. The van der Waals surface area contributed by atoms with E-state index in [0.717, 1.165) is 35.8 Å². The first-order valence-electron chi connectivity index (χ1n) is 10.2. The van der Waals surface area contributed by atoms with Gasteiger partial charge in [-0.25, -0.2) is 0 Å². The van der Waals surface area contributed by atoms with Crippen LogP contribution >= 0.6 is 23.1 Å². The number of carbonyl (C=O) groups excluding carboxylic acids is 1. The highest BCUT2D eigenvalue weighted by molar-refractivity contribution is 7.98. The number of amides is 1. The van der Waals surface area contributed by atoms with Crippen LogP contribution in [0.5, 0.6) is 0 Å². The zero-order chi connectivity index (χ0) is 20.6. The molecule has 0 aliphatic carbocycles. The summed E-state index contributed by atoms with van der Waals surface area (Å²) >= 11 is 3.45. The fourth-order valence-electron chi connectivity index (χ4n) is 3.51. The summed E-state index contributed by atoms with van der Waals surface area (Å²) in [6.45, 7) is 3.87. The monoisotopic (exact) mass is 438 g/mol. The number of rotatable bonds is 8. The highest BCUT2D eigenvalue weighted by Gasteiger charge is 2.22. The molecule has 2 aromatic carbocycles. The van der Waals surface area contributed by atoms with Gasteiger partial charge in [0.05, 0.1) is 18.3 Å². The summed E-state index contributed by atoms with van der Waals surface area (Å²) in [6, 6.07) is 22.5. The number of nitrogens with zero attached hydrogens (tertiary/aromatic N) is 1. The maximum atomic E-state index is 12.9. The summed E-state index contributed by atoms with van der Waals surface area (Å²) in [5, 5.41) is 5.17. The van der Waals surface area contributed by atoms with Crippen molar-refractivity contribution >= 4 is 29.0 Å². The van der Waals surface area contributed by atoms with Gasteiger partial charge in [-0.05, 0) is 29.1 Å². The zero-order valence-electron chi connectivity index (χ0n) is 16.8. The van der Waals surface area contributed by atoms with E-state index in [1.807, 2.05) is 30.3 Å². The van der Waals surface area contributed by atoms with Crippen LogP contribution in [0.2, 0.25) is 0 Å². The van der Waals surface area contributed by atoms with Gasteiger partial charge >= 0.3 is 0 Å². The number of hydrogen-bond acceptors (Lipinski definition) is 5. The summed E-state index contributed by atoms with van der Waals surface area (Å²) in [6.07, 6.45) is 0.0114. The minimum atomic E-state index is -0.0342. The van der Waals surface area contributed by atoms with Crippen LogP contribution in [0.3, 0.4) is 0 Å². The van der Waals surface area contributed by atoms with E-state index in [1.54, 1.807) is 23.1 Å². The summed E-state index contributed by atoms with van der Waals surface area (Å²) in [5.74, 6) is 0.843. The lowest BCUT2D eigenvalue weighted by molar-refractivity contribution is -0.0292. The number of hydrogen-bond donors (Lipinski definition) is 1. The first-order valence-corrected chi connectivity index (χ1v) is 12.0. The topological polar surface area (TPSA) is 41.6 Å². The van der Waals surface area contributed by atoms with Crippen molar-refractivity contribution in [2.24, 2.45) is 0 Å². The highest BCUT2D eigenvalue weighted by atomic mass is 32.2. The molecule has 0 saturated carbocycles. The molecule has 4 rings (SSSR count). The molecule has 1 fully saturated rings. The second-order valence-corrected chi connectivity index (χ2v) is 9.34. The van der Waals surface area contributed by atoms with Crippen LogP contribution < -0.4 is 5.32 Å². The lowest BCUT2D eigenvalue weighted by Gasteiger charge is -2.33. The minimum absolute atomic E-state index is 0.0114. The molecule has 30 heavy (non-hydrogen) atoms. The van der Waals surface area contributed by atoms with Gasteiger partial charge in [0.2, 0.25) is 0 Å². The van der Waals surface area contributed by atoms with Gasteiger partial charge in [-0.3, -0.25) is 9.69 Å². The maximum absolute atomic E-state index is 12.9. The predicted octanol–water partition coefficient (Wildman–Crippen LogP) is 4.67. The molecule has 2 heterocycles. The third-order valence-corrected chi connectivity index (χ3v) is 7.23. The molecule has 1 aromatic heterocycles. The highest BCUT2D eigenvalue weighted by Crippen LogP contribution is 2.28. The number of nitrogens with one attached hydrogen (secondary N) is 1. The fraction of sp³-hybridized carbons (Fsp3) is 0.292. The smallest absolute Gasteiger partial charge is 0.252 e. The van der Waals surface area contributed by atoms with Gasteiger partial charge in [-0.1, -0.05) is 48.5 Å². The average Bonchev–Trinajstić information content (AvgIpc) is 3.31. The average molecular weight is 439 g/mol. The summed E-state index contributed by atoms with van der Waals surface area (Å²) < 4.78 is 5.90. The Morgan fingerprint density at radius 1 is 1.10 bits per heavy atom. The van der Waals surface area contributed by atoms with Crippen molar-refractivity contribution in [1.29, 1.82) is 0 Å². The van der Waals surface area contributed by atoms with Crippen LogP contribution in [0.15, 0.2) is 77.0 Å². The van der Waals surface area contributed by atoms with E-state index in [9.17, 15) is 4.79 Å². The van der Waals surface area contributed by atoms with Gasteiger partial charge in [-0.2, -0.15) is 0 Å². The molecular weight excluding hydrogens is 412 g/mol. The van der Waals surface area contributed by atoms with Crippen molar-refractivity contribution in [2.75, 3.05) is 26.2 Å². The fourth-order valence-corrected chi connectivity index (χ4v) is 5.34. The number of thiophene rings is 1. The van der Waals surface area contributed by atoms with Crippen molar-refractivity contribution in [1.82, 2.24) is 10.2 Å². The Morgan fingerprint density at radius 3 is 2.77 bits per heavy atom. The zero-order valence-corrected chi connectivity index (χ0v) is 18.5. The first-order chi connectivity index (χ1) is 14.8. The molecular formula is C24H26N2O2S2. The summed E-state index contributed by atoms with van der Waals surface area (Å²) in [7, 11) is 0. The van der Waals surface area contributed by atoms with Gasteiger partial charge in [0.25, 0.3) is 5.91 Å². The summed E-state index contributed by atoms with van der Waals surface area (Å²) in [5.41, 5.74) is 2.04. The molecule has 4 nitrogen and oxygen atoms in total. The van der Waals surface area contributed by atoms with Crippen LogP contribution in [0.1, 0.15) is 20.8 Å². The van der Waals surface area contributed by atoms with Crippen LogP contribution in [-0.4, -0.2) is 43.2 Å². The van der Waals surface area contributed by atoms with Crippen LogP contribution in [0, 0.1) is 0 Å². The van der Waals surface area contributed by atoms with Crippen LogP contribution in [0.25, 0.3) is 0 Å². The second-order valence-electron chi connectivity index (χ2n) is 7.29.